The van der Waals surface area contributed by atoms with Crippen LogP contribution in [0.1, 0.15) is 29.3 Å². The molecular formula is C20H20ClN3. The fraction of sp³-hybridized carbons (Fsp3) is 0.250. The number of halogens is 1. The third-order valence-electron chi connectivity index (χ3n) is 4.64. The number of rotatable bonds is 4. The zero-order valence-electron chi connectivity index (χ0n) is 13.7. The topological polar surface area (TPSA) is 29.9 Å². The summed E-state index contributed by atoms with van der Waals surface area (Å²) in [6.07, 6.45) is 2.83. The van der Waals surface area contributed by atoms with Gasteiger partial charge in [0.05, 0.1) is 11.4 Å². The first kappa shape index (κ1) is 15.3. The maximum atomic E-state index is 6.33. The molecule has 4 rings (SSSR count). The molecule has 3 nitrogen and oxygen atoms in total. The summed E-state index contributed by atoms with van der Waals surface area (Å²) in [7, 11) is 0. The summed E-state index contributed by atoms with van der Waals surface area (Å²) in [4.78, 5) is 0. The summed E-state index contributed by atoms with van der Waals surface area (Å²) in [6, 6.07) is 16.6. The molecule has 1 N–H and O–H groups in total. The molecule has 0 atom stereocenters. The van der Waals surface area contributed by atoms with Gasteiger partial charge in [0, 0.05) is 23.6 Å². The smallest absolute Gasteiger partial charge is 0.133 e. The van der Waals surface area contributed by atoms with E-state index in [2.05, 4.69) is 42.6 Å². The van der Waals surface area contributed by atoms with E-state index in [4.69, 9.17) is 16.7 Å². The fourth-order valence-electron chi connectivity index (χ4n) is 3.27. The minimum Gasteiger partial charge on any atom is -0.369 e. The van der Waals surface area contributed by atoms with Crippen LogP contribution in [0, 0.1) is 0 Å². The van der Waals surface area contributed by atoms with E-state index >= 15 is 0 Å². The van der Waals surface area contributed by atoms with Gasteiger partial charge < -0.3 is 5.32 Å². The van der Waals surface area contributed by atoms with Crippen LogP contribution >= 0.6 is 11.6 Å². The van der Waals surface area contributed by atoms with E-state index in [0.29, 0.717) is 0 Å². The highest BCUT2D eigenvalue weighted by atomic mass is 35.5. The number of aromatic nitrogens is 2. The van der Waals surface area contributed by atoms with Crippen molar-refractivity contribution in [2.75, 3.05) is 11.9 Å². The molecule has 4 heteroatoms. The van der Waals surface area contributed by atoms with Gasteiger partial charge in [-0.05, 0) is 42.2 Å². The number of hydrogen-bond donors (Lipinski definition) is 1. The lowest BCUT2D eigenvalue weighted by Gasteiger charge is -2.07. The Morgan fingerprint density at radius 1 is 1.12 bits per heavy atom. The van der Waals surface area contributed by atoms with Gasteiger partial charge in [0.15, 0.2) is 0 Å². The third-order valence-corrected chi connectivity index (χ3v) is 5.01. The van der Waals surface area contributed by atoms with Crippen molar-refractivity contribution in [2.24, 2.45) is 0 Å². The SMILES string of the molecule is CCc1ccc(-n2nc(Cc3ccccc3Cl)c3c2NCC3)cc1. The minimum atomic E-state index is 0.768. The monoisotopic (exact) mass is 337 g/mol. The summed E-state index contributed by atoms with van der Waals surface area (Å²) < 4.78 is 2.04. The molecule has 24 heavy (non-hydrogen) atoms. The van der Waals surface area contributed by atoms with Crippen LogP contribution in [0.15, 0.2) is 48.5 Å². The lowest BCUT2D eigenvalue weighted by Crippen LogP contribution is -2.05. The van der Waals surface area contributed by atoms with Crippen LogP contribution in [0.2, 0.25) is 5.02 Å². The van der Waals surface area contributed by atoms with E-state index < -0.39 is 0 Å². The van der Waals surface area contributed by atoms with Crippen molar-refractivity contribution in [3.05, 3.63) is 75.9 Å². The van der Waals surface area contributed by atoms with E-state index in [1.807, 2.05) is 22.9 Å². The fourth-order valence-corrected chi connectivity index (χ4v) is 3.47. The van der Waals surface area contributed by atoms with Crippen LogP contribution in [0.3, 0.4) is 0 Å². The van der Waals surface area contributed by atoms with Gasteiger partial charge in [-0.3, -0.25) is 0 Å². The van der Waals surface area contributed by atoms with Gasteiger partial charge in [0.25, 0.3) is 0 Å². The Morgan fingerprint density at radius 3 is 2.67 bits per heavy atom. The lowest BCUT2D eigenvalue weighted by atomic mass is 10.1. The van der Waals surface area contributed by atoms with Gasteiger partial charge in [-0.2, -0.15) is 5.10 Å². The quantitative estimate of drug-likeness (QED) is 0.751. The molecule has 0 fully saturated rings. The molecule has 1 aliphatic heterocycles. The first-order chi connectivity index (χ1) is 11.8. The lowest BCUT2D eigenvalue weighted by molar-refractivity contribution is 0.839. The van der Waals surface area contributed by atoms with Crippen LogP contribution in [0.5, 0.6) is 0 Å². The Morgan fingerprint density at radius 2 is 1.92 bits per heavy atom. The summed E-state index contributed by atoms with van der Waals surface area (Å²) in [5.74, 6) is 1.13. The van der Waals surface area contributed by atoms with Crippen molar-refractivity contribution >= 4 is 17.4 Å². The number of aryl methyl sites for hydroxylation is 1. The van der Waals surface area contributed by atoms with Gasteiger partial charge in [-0.15, -0.1) is 0 Å². The first-order valence-corrected chi connectivity index (χ1v) is 8.81. The van der Waals surface area contributed by atoms with E-state index in [1.165, 1.54) is 11.1 Å². The molecule has 0 bridgehead atoms. The summed E-state index contributed by atoms with van der Waals surface area (Å²) in [6.45, 7) is 3.14. The zero-order valence-corrected chi connectivity index (χ0v) is 14.5. The largest absolute Gasteiger partial charge is 0.369 e. The van der Waals surface area contributed by atoms with Gasteiger partial charge in [0.2, 0.25) is 0 Å². The minimum absolute atomic E-state index is 0.768. The third kappa shape index (κ3) is 2.69. The molecule has 0 saturated carbocycles. The number of fused-ring (bicyclic) bond motifs is 1. The van der Waals surface area contributed by atoms with Gasteiger partial charge >= 0.3 is 0 Å². The molecule has 0 radical (unpaired) electrons. The van der Waals surface area contributed by atoms with Crippen LogP contribution in [0.25, 0.3) is 5.69 Å². The zero-order chi connectivity index (χ0) is 16.5. The molecule has 0 saturated heterocycles. The number of benzene rings is 2. The Labute approximate surface area is 147 Å². The molecule has 122 valence electrons. The van der Waals surface area contributed by atoms with Gasteiger partial charge in [-0.25, -0.2) is 4.68 Å². The molecule has 2 heterocycles. The van der Waals surface area contributed by atoms with E-state index in [9.17, 15) is 0 Å². The average Bonchev–Trinajstić information content (AvgIpc) is 3.21. The van der Waals surface area contributed by atoms with Gasteiger partial charge in [0.1, 0.15) is 5.82 Å². The van der Waals surface area contributed by atoms with Crippen molar-refractivity contribution in [3.63, 3.8) is 0 Å². The average molecular weight is 338 g/mol. The standard InChI is InChI=1S/C20H20ClN3/c1-2-14-7-9-16(10-8-14)24-20-17(11-12-22-20)19(23-24)13-15-5-3-4-6-18(15)21/h3-10,22H,2,11-13H2,1H3. The van der Waals surface area contributed by atoms with Crippen molar-refractivity contribution in [2.45, 2.75) is 26.2 Å². The molecule has 0 spiro atoms. The highest BCUT2D eigenvalue weighted by Crippen LogP contribution is 2.31. The molecule has 0 amide bonds. The van der Waals surface area contributed by atoms with Crippen LogP contribution in [-0.2, 0) is 19.3 Å². The summed E-state index contributed by atoms with van der Waals surface area (Å²) in [5.41, 5.74) is 5.99. The highest BCUT2D eigenvalue weighted by Gasteiger charge is 2.23. The molecule has 1 aromatic heterocycles. The Hall–Kier alpha value is -2.26. The van der Waals surface area contributed by atoms with Crippen LogP contribution < -0.4 is 5.32 Å². The van der Waals surface area contributed by atoms with E-state index in [1.54, 1.807) is 0 Å². The summed E-state index contributed by atoms with van der Waals surface area (Å²) in [5, 5.41) is 9.18. The highest BCUT2D eigenvalue weighted by molar-refractivity contribution is 6.31. The van der Waals surface area contributed by atoms with Crippen molar-refractivity contribution in [1.29, 1.82) is 0 Å². The van der Waals surface area contributed by atoms with Crippen LogP contribution in [-0.4, -0.2) is 16.3 Å². The van der Waals surface area contributed by atoms with Crippen molar-refractivity contribution in [1.82, 2.24) is 9.78 Å². The molecule has 0 aliphatic carbocycles. The Bertz CT molecular complexity index is 865. The molecular weight excluding hydrogens is 318 g/mol. The van der Waals surface area contributed by atoms with Crippen molar-refractivity contribution in [3.8, 4) is 5.69 Å². The predicted octanol–water partition coefficient (Wildman–Crippen LogP) is 4.65. The number of nitrogens with zero attached hydrogens (tertiary/aromatic N) is 2. The normalized spacial score (nSPS) is 12.9. The number of anilines is 1. The summed E-state index contributed by atoms with van der Waals surface area (Å²) >= 11 is 6.33. The maximum Gasteiger partial charge on any atom is 0.133 e. The van der Waals surface area contributed by atoms with E-state index in [0.717, 1.165) is 53.6 Å². The molecule has 3 aromatic rings. The second-order valence-corrected chi connectivity index (χ2v) is 6.56. The second-order valence-electron chi connectivity index (χ2n) is 6.15. The molecule has 2 aromatic carbocycles. The van der Waals surface area contributed by atoms with Gasteiger partial charge in [-0.1, -0.05) is 48.9 Å². The first-order valence-electron chi connectivity index (χ1n) is 8.43. The van der Waals surface area contributed by atoms with E-state index in [-0.39, 0.29) is 0 Å². The number of nitrogens with one attached hydrogen (secondary N) is 1. The maximum absolute atomic E-state index is 6.33. The Kier molecular flexibility index (Phi) is 4.03. The predicted molar refractivity (Wildman–Crippen MR) is 99.4 cm³/mol. The second kappa shape index (κ2) is 6.33. The molecule has 0 unspecified atom stereocenters. The van der Waals surface area contributed by atoms with Crippen molar-refractivity contribution < 1.29 is 0 Å². The Balaban J connectivity index is 1.73. The number of hydrogen-bond acceptors (Lipinski definition) is 2. The van der Waals surface area contributed by atoms with Crippen LogP contribution in [0.4, 0.5) is 5.82 Å². The molecule has 1 aliphatic rings.